The van der Waals surface area contributed by atoms with Gasteiger partial charge >= 0.3 is 0 Å². The summed E-state index contributed by atoms with van der Waals surface area (Å²) in [6.45, 7) is 0. The summed E-state index contributed by atoms with van der Waals surface area (Å²) in [7, 11) is 0. The summed E-state index contributed by atoms with van der Waals surface area (Å²) in [6.07, 6.45) is 0.165. The van der Waals surface area contributed by atoms with Gasteiger partial charge in [0.15, 0.2) is 0 Å². The van der Waals surface area contributed by atoms with Crippen molar-refractivity contribution in [1.29, 1.82) is 5.26 Å². The Kier molecular flexibility index (Phi) is 3.83. The zero-order chi connectivity index (χ0) is 10.7. The van der Waals surface area contributed by atoms with Crippen LogP contribution in [0.15, 0.2) is 16.6 Å². The number of nitriles is 1. The molecule has 0 atom stereocenters. The zero-order valence-electron chi connectivity index (χ0n) is 6.83. The van der Waals surface area contributed by atoms with Gasteiger partial charge in [0, 0.05) is 0 Å². The molecule has 72 valence electrons. The monoisotopic (exact) mass is 366 g/mol. The molecular weight excluding hydrogens is 363 g/mol. The molecule has 14 heavy (non-hydrogen) atoms. The second kappa shape index (κ2) is 4.70. The van der Waals surface area contributed by atoms with E-state index < -0.39 is 4.92 Å². The van der Waals surface area contributed by atoms with Gasteiger partial charge in [-0.25, -0.2) is 0 Å². The Balaban J connectivity index is 3.35. The van der Waals surface area contributed by atoms with Gasteiger partial charge < -0.3 is 0 Å². The Hall–Kier alpha value is -0.680. The molecule has 1 aromatic rings. The number of hydrogen-bond acceptors (Lipinski definition) is 3. The highest BCUT2D eigenvalue weighted by molar-refractivity contribution is 14.1. The quantitative estimate of drug-likeness (QED) is 0.459. The van der Waals surface area contributed by atoms with Crippen molar-refractivity contribution >= 4 is 44.2 Å². The van der Waals surface area contributed by atoms with E-state index in [1.807, 2.05) is 28.7 Å². The largest absolute Gasteiger partial charge is 0.297 e. The van der Waals surface area contributed by atoms with E-state index in [9.17, 15) is 10.1 Å². The average Bonchev–Trinajstić information content (AvgIpc) is 2.10. The maximum Gasteiger partial charge on any atom is 0.297 e. The van der Waals surface area contributed by atoms with Crippen molar-refractivity contribution in [3.63, 3.8) is 0 Å². The van der Waals surface area contributed by atoms with Crippen LogP contribution in [0, 0.1) is 25.0 Å². The first-order valence-corrected chi connectivity index (χ1v) is 5.43. The van der Waals surface area contributed by atoms with Crippen molar-refractivity contribution in [1.82, 2.24) is 0 Å². The molecule has 0 aliphatic heterocycles. The summed E-state index contributed by atoms with van der Waals surface area (Å²) in [5.41, 5.74) is 0.665. The van der Waals surface area contributed by atoms with E-state index in [-0.39, 0.29) is 12.1 Å². The Morgan fingerprint density at radius 2 is 2.29 bits per heavy atom. The lowest BCUT2D eigenvalue weighted by atomic mass is 10.1. The highest BCUT2D eigenvalue weighted by Gasteiger charge is 2.19. The lowest BCUT2D eigenvalue weighted by Gasteiger charge is -2.02. The maximum atomic E-state index is 10.7. The average molecular weight is 367 g/mol. The lowest BCUT2D eigenvalue weighted by molar-refractivity contribution is -0.386. The lowest BCUT2D eigenvalue weighted by Crippen LogP contribution is -1.96. The second-order valence-electron chi connectivity index (χ2n) is 2.46. The van der Waals surface area contributed by atoms with E-state index >= 15 is 0 Å². The molecule has 1 aromatic carbocycles. The summed E-state index contributed by atoms with van der Waals surface area (Å²) in [6, 6.07) is 5.30. The summed E-state index contributed by atoms with van der Waals surface area (Å²) in [4.78, 5) is 10.2. The number of nitro benzene ring substituents is 1. The van der Waals surface area contributed by atoms with Crippen molar-refractivity contribution < 1.29 is 4.92 Å². The molecule has 0 radical (unpaired) electrons. The molecule has 1 rings (SSSR count). The normalized spacial score (nSPS) is 9.50. The minimum atomic E-state index is -0.452. The first-order valence-electron chi connectivity index (χ1n) is 3.56. The van der Waals surface area contributed by atoms with Gasteiger partial charge in [-0.2, -0.15) is 5.26 Å². The van der Waals surface area contributed by atoms with Crippen molar-refractivity contribution in [2.24, 2.45) is 0 Å². The smallest absolute Gasteiger partial charge is 0.258 e. The minimum absolute atomic E-state index is 0.0263. The van der Waals surface area contributed by atoms with Crippen LogP contribution in [0.5, 0.6) is 0 Å². The molecule has 0 saturated heterocycles. The molecule has 6 heteroatoms. The van der Waals surface area contributed by atoms with Crippen LogP contribution in [-0.2, 0) is 6.42 Å². The van der Waals surface area contributed by atoms with Crippen LogP contribution >= 0.6 is 38.5 Å². The van der Waals surface area contributed by atoms with E-state index in [4.69, 9.17) is 5.26 Å². The topological polar surface area (TPSA) is 66.9 Å². The van der Waals surface area contributed by atoms with Crippen LogP contribution < -0.4 is 0 Å². The molecule has 0 amide bonds. The second-order valence-corrected chi connectivity index (χ2v) is 4.42. The van der Waals surface area contributed by atoms with Crippen molar-refractivity contribution in [3.8, 4) is 6.07 Å². The summed E-state index contributed by atoms with van der Waals surface area (Å²) < 4.78 is 0.956. The van der Waals surface area contributed by atoms with Gasteiger partial charge in [-0.05, 0) is 50.2 Å². The number of nitrogens with zero attached hydrogens (tertiary/aromatic N) is 2. The van der Waals surface area contributed by atoms with Crippen LogP contribution in [0.1, 0.15) is 5.56 Å². The molecule has 0 spiro atoms. The van der Waals surface area contributed by atoms with E-state index in [0.717, 1.165) is 0 Å². The third-order valence-electron chi connectivity index (χ3n) is 1.60. The van der Waals surface area contributed by atoms with Gasteiger partial charge in [0.1, 0.15) is 4.47 Å². The fourth-order valence-corrected chi connectivity index (χ4v) is 2.62. The van der Waals surface area contributed by atoms with Crippen molar-refractivity contribution in [2.75, 3.05) is 0 Å². The van der Waals surface area contributed by atoms with Gasteiger partial charge in [-0.15, -0.1) is 0 Å². The van der Waals surface area contributed by atoms with Crippen LogP contribution in [0.3, 0.4) is 0 Å². The molecule has 4 nitrogen and oxygen atoms in total. The van der Waals surface area contributed by atoms with E-state index in [2.05, 4.69) is 15.9 Å². The molecular formula is C8H4BrIN2O2. The Morgan fingerprint density at radius 1 is 1.64 bits per heavy atom. The zero-order valence-corrected chi connectivity index (χ0v) is 10.6. The molecule has 0 unspecified atom stereocenters. The van der Waals surface area contributed by atoms with E-state index in [0.29, 0.717) is 13.6 Å². The fraction of sp³-hybridized carbons (Fsp3) is 0.125. The number of rotatable bonds is 2. The van der Waals surface area contributed by atoms with Gasteiger partial charge in [0.25, 0.3) is 5.69 Å². The summed E-state index contributed by atoms with van der Waals surface area (Å²) in [5, 5.41) is 19.2. The molecule has 0 heterocycles. The third kappa shape index (κ3) is 2.22. The van der Waals surface area contributed by atoms with E-state index in [1.165, 1.54) is 0 Å². The first kappa shape index (κ1) is 11.4. The SMILES string of the molecule is N#CCc1ccc(I)c([N+](=O)[O-])c1Br. The van der Waals surface area contributed by atoms with Crippen LogP contribution in [0.2, 0.25) is 0 Å². The van der Waals surface area contributed by atoms with Crippen molar-refractivity contribution in [3.05, 3.63) is 35.9 Å². The van der Waals surface area contributed by atoms with Crippen LogP contribution in [-0.4, -0.2) is 4.92 Å². The number of benzene rings is 1. The van der Waals surface area contributed by atoms with Gasteiger partial charge in [-0.1, -0.05) is 6.07 Å². The summed E-state index contributed by atoms with van der Waals surface area (Å²) in [5.74, 6) is 0. The molecule has 0 bridgehead atoms. The Bertz CT molecular complexity index is 428. The Morgan fingerprint density at radius 3 is 2.79 bits per heavy atom. The van der Waals surface area contributed by atoms with Gasteiger partial charge in [-0.3, -0.25) is 10.1 Å². The van der Waals surface area contributed by atoms with E-state index in [1.54, 1.807) is 12.1 Å². The van der Waals surface area contributed by atoms with Crippen LogP contribution in [0.4, 0.5) is 5.69 Å². The van der Waals surface area contributed by atoms with Crippen molar-refractivity contribution in [2.45, 2.75) is 6.42 Å². The first-order chi connectivity index (χ1) is 6.57. The molecule has 0 saturated carbocycles. The molecule has 0 N–H and O–H groups in total. The van der Waals surface area contributed by atoms with Gasteiger partial charge in [0.05, 0.1) is 21.0 Å². The highest BCUT2D eigenvalue weighted by atomic mass is 127. The maximum absolute atomic E-state index is 10.7. The summed E-state index contributed by atoms with van der Waals surface area (Å²) >= 11 is 5.03. The van der Waals surface area contributed by atoms with Gasteiger partial charge in [0.2, 0.25) is 0 Å². The molecule has 0 aliphatic rings. The number of halogens is 2. The third-order valence-corrected chi connectivity index (χ3v) is 3.35. The van der Waals surface area contributed by atoms with Crippen LogP contribution in [0.25, 0.3) is 0 Å². The minimum Gasteiger partial charge on any atom is -0.258 e. The highest BCUT2D eigenvalue weighted by Crippen LogP contribution is 2.33. The molecule has 0 aliphatic carbocycles. The fourth-order valence-electron chi connectivity index (χ4n) is 0.972. The Labute approximate surface area is 102 Å². The molecule has 0 fully saturated rings. The predicted octanol–water partition coefficient (Wildman–Crippen LogP) is 3.03. The molecule has 0 aromatic heterocycles. The predicted molar refractivity (Wildman–Crippen MR) is 62.8 cm³/mol. The number of nitro groups is 1. The standard InChI is InChI=1S/C8H4BrIN2O2/c9-7-5(3-4-11)1-2-6(10)8(7)12(13)14/h1-2H,3H2. The number of hydrogen-bond donors (Lipinski definition) is 0.